The van der Waals surface area contributed by atoms with Crippen molar-refractivity contribution in [3.05, 3.63) is 38.9 Å². The fraction of sp³-hybridized carbons (Fsp3) is 0.111. The lowest BCUT2D eigenvalue weighted by atomic mass is 10.0. The summed E-state index contributed by atoms with van der Waals surface area (Å²) in [6, 6.07) is 5.33. The van der Waals surface area contributed by atoms with Gasteiger partial charge >= 0.3 is 0 Å². The Morgan fingerprint density at radius 2 is 2.29 bits per heavy atom. The zero-order valence-corrected chi connectivity index (χ0v) is 8.84. The van der Waals surface area contributed by atoms with Crippen LogP contribution in [0.1, 0.15) is 5.82 Å². The molecule has 2 radical (unpaired) electrons. The molecule has 2 rings (SSSR count). The minimum atomic E-state index is -0.150. The number of hydrogen-bond acceptors (Lipinski definition) is 2. The molecule has 0 unspecified atom stereocenters. The SMILES string of the molecule is [B]Cc1nc2cc(Br)ccc2c(=O)[nH]1. The number of nitrogens with one attached hydrogen (secondary N) is 1. The highest BCUT2D eigenvalue weighted by atomic mass is 79.9. The predicted molar refractivity (Wildman–Crippen MR) is 59.5 cm³/mol. The summed E-state index contributed by atoms with van der Waals surface area (Å²) in [7, 11) is 5.40. The molecule has 0 aliphatic heterocycles. The van der Waals surface area contributed by atoms with Gasteiger partial charge in [0.25, 0.3) is 5.56 Å². The molecular formula is C9H6BBrN2O. The lowest BCUT2D eigenvalue weighted by Gasteiger charge is -2.00. The van der Waals surface area contributed by atoms with Gasteiger partial charge in [-0.25, -0.2) is 4.98 Å². The maximum Gasteiger partial charge on any atom is 0.258 e. The first-order chi connectivity index (χ1) is 6.70. The third-order valence-corrected chi connectivity index (χ3v) is 2.40. The fourth-order valence-corrected chi connectivity index (χ4v) is 1.61. The van der Waals surface area contributed by atoms with E-state index in [-0.39, 0.29) is 11.9 Å². The average molecular weight is 249 g/mol. The molecule has 1 aromatic carbocycles. The lowest BCUT2D eigenvalue weighted by molar-refractivity contribution is 1.03. The van der Waals surface area contributed by atoms with Gasteiger partial charge < -0.3 is 4.98 Å². The number of H-pyrrole nitrogens is 1. The highest BCUT2D eigenvalue weighted by Gasteiger charge is 2.02. The third-order valence-electron chi connectivity index (χ3n) is 1.91. The Hall–Kier alpha value is -1.10. The van der Waals surface area contributed by atoms with Crippen LogP contribution in [0.3, 0.4) is 0 Å². The summed E-state index contributed by atoms with van der Waals surface area (Å²) >= 11 is 3.32. The van der Waals surface area contributed by atoms with Crippen LogP contribution >= 0.6 is 15.9 Å². The van der Waals surface area contributed by atoms with Gasteiger partial charge in [-0.15, -0.1) is 0 Å². The Morgan fingerprint density at radius 3 is 3.00 bits per heavy atom. The van der Waals surface area contributed by atoms with E-state index in [0.717, 1.165) is 4.47 Å². The number of aromatic amines is 1. The van der Waals surface area contributed by atoms with Gasteiger partial charge in [0.05, 0.1) is 18.7 Å². The van der Waals surface area contributed by atoms with Crippen LogP contribution in [0.4, 0.5) is 0 Å². The van der Waals surface area contributed by atoms with Gasteiger partial charge in [-0.2, -0.15) is 0 Å². The lowest BCUT2D eigenvalue weighted by Crippen LogP contribution is -2.11. The van der Waals surface area contributed by atoms with Crippen molar-refractivity contribution in [2.45, 2.75) is 6.32 Å². The van der Waals surface area contributed by atoms with E-state index in [9.17, 15) is 4.79 Å². The van der Waals surface area contributed by atoms with Gasteiger partial charge in [-0.05, 0) is 24.5 Å². The normalized spacial score (nSPS) is 10.6. The molecule has 5 heteroatoms. The van der Waals surface area contributed by atoms with Crippen molar-refractivity contribution in [3.63, 3.8) is 0 Å². The van der Waals surface area contributed by atoms with E-state index in [1.807, 2.05) is 0 Å². The van der Waals surface area contributed by atoms with E-state index in [1.54, 1.807) is 18.2 Å². The van der Waals surface area contributed by atoms with Crippen LogP contribution in [0.15, 0.2) is 27.5 Å². The molecule has 0 bridgehead atoms. The van der Waals surface area contributed by atoms with Crippen LogP contribution in [-0.4, -0.2) is 17.8 Å². The molecule has 0 aliphatic rings. The maximum atomic E-state index is 11.5. The second-order valence-electron chi connectivity index (χ2n) is 2.88. The average Bonchev–Trinajstić information content (AvgIpc) is 2.16. The van der Waals surface area contributed by atoms with Crippen LogP contribution in [0.2, 0.25) is 0 Å². The number of nitrogens with zero attached hydrogens (tertiary/aromatic N) is 1. The Balaban J connectivity index is 2.84. The molecule has 0 aliphatic carbocycles. The Morgan fingerprint density at radius 1 is 1.50 bits per heavy atom. The second kappa shape index (κ2) is 3.57. The number of fused-ring (bicyclic) bond motifs is 1. The first-order valence-electron chi connectivity index (χ1n) is 4.09. The van der Waals surface area contributed by atoms with Crippen LogP contribution in [0, 0.1) is 0 Å². The molecule has 0 saturated heterocycles. The van der Waals surface area contributed by atoms with Crippen LogP contribution in [-0.2, 0) is 6.32 Å². The molecule has 68 valence electrons. The summed E-state index contributed by atoms with van der Waals surface area (Å²) in [6.07, 6.45) is 0.234. The number of aromatic nitrogens is 2. The van der Waals surface area contributed by atoms with Gasteiger partial charge in [0.15, 0.2) is 0 Å². The molecule has 0 spiro atoms. The largest absolute Gasteiger partial charge is 0.311 e. The summed E-state index contributed by atoms with van der Waals surface area (Å²) in [6.45, 7) is 0. The predicted octanol–water partition coefficient (Wildman–Crippen LogP) is 1.35. The molecule has 1 aromatic heterocycles. The van der Waals surface area contributed by atoms with E-state index in [2.05, 4.69) is 25.9 Å². The number of benzene rings is 1. The molecule has 2 aromatic rings. The first-order valence-corrected chi connectivity index (χ1v) is 4.88. The molecule has 1 heterocycles. The van der Waals surface area contributed by atoms with E-state index < -0.39 is 0 Å². The van der Waals surface area contributed by atoms with Gasteiger partial charge in [-0.1, -0.05) is 15.9 Å². The fourth-order valence-electron chi connectivity index (χ4n) is 1.26. The number of hydrogen-bond donors (Lipinski definition) is 1. The second-order valence-corrected chi connectivity index (χ2v) is 3.79. The van der Waals surface area contributed by atoms with Crippen LogP contribution < -0.4 is 5.56 Å². The van der Waals surface area contributed by atoms with Crippen molar-refractivity contribution in [1.82, 2.24) is 9.97 Å². The van der Waals surface area contributed by atoms with E-state index >= 15 is 0 Å². The molecule has 14 heavy (non-hydrogen) atoms. The standard InChI is InChI=1S/C9H6BBrN2O/c10-4-8-12-7-3-5(11)1-2-6(7)9(14)13-8/h1-3H,4H2,(H,12,13,14). The summed E-state index contributed by atoms with van der Waals surface area (Å²) in [5.41, 5.74) is 0.506. The van der Waals surface area contributed by atoms with E-state index in [0.29, 0.717) is 16.7 Å². The Kier molecular flexibility index (Phi) is 2.41. The van der Waals surface area contributed by atoms with Crippen molar-refractivity contribution in [3.8, 4) is 0 Å². The van der Waals surface area contributed by atoms with Crippen molar-refractivity contribution in [2.24, 2.45) is 0 Å². The highest BCUT2D eigenvalue weighted by Crippen LogP contribution is 2.14. The van der Waals surface area contributed by atoms with Crippen LogP contribution in [0.25, 0.3) is 10.9 Å². The maximum absolute atomic E-state index is 11.5. The van der Waals surface area contributed by atoms with Crippen molar-refractivity contribution < 1.29 is 0 Å². The molecule has 3 nitrogen and oxygen atoms in total. The number of halogens is 1. The van der Waals surface area contributed by atoms with Crippen molar-refractivity contribution in [2.75, 3.05) is 0 Å². The van der Waals surface area contributed by atoms with E-state index in [1.165, 1.54) is 0 Å². The monoisotopic (exact) mass is 248 g/mol. The molecule has 1 N–H and O–H groups in total. The summed E-state index contributed by atoms with van der Waals surface area (Å²) < 4.78 is 0.895. The number of rotatable bonds is 1. The van der Waals surface area contributed by atoms with Gasteiger partial charge in [-0.3, -0.25) is 4.79 Å². The van der Waals surface area contributed by atoms with Crippen molar-refractivity contribution in [1.29, 1.82) is 0 Å². The summed E-state index contributed by atoms with van der Waals surface area (Å²) in [4.78, 5) is 18.3. The van der Waals surface area contributed by atoms with Gasteiger partial charge in [0.1, 0.15) is 5.82 Å². The summed E-state index contributed by atoms with van der Waals surface area (Å²) in [5.74, 6) is 0.501. The minimum Gasteiger partial charge on any atom is -0.311 e. The van der Waals surface area contributed by atoms with Crippen LogP contribution in [0.5, 0.6) is 0 Å². The van der Waals surface area contributed by atoms with E-state index in [4.69, 9.17) is 7.85 Å². The topological polar surface area (TPSA) is 45.8 Å². The molecular weight excluding hydrogens is 243 g/mol. The molecule has 0 saturated carbocycles. The quantitative estimate of drug-likeness (QED) is 0.775. The molecule has 0 fully saturated rings. The zero-order valence-electron chi connectivity index (χ0n) is 7.25. The first kappa shape index (κ1) is 9.46. The highest BCUT2D eigenvalue weighted by molar-refractivity contribution is 9.10. The summed E-state index contributed by atoms with van der Waals surface area (Å²) in [5, 5.41) is 0.574. The smallest absolute Gasteiger partial charge is 0.258 e. The van der Waals surface area contributed by atoms with Gasteiger partial charge in [0.2, 0.25) is 0 Å². The molecule has 0 amide bonds. The minimum absolute atomic E-state index is 0.150. The zero-order chi connectivity index (χ0) is 10.1. The molecule has 0 atom stereocenters. The Labute approximate surface area is 90.1 Å². The van der Waals surface area contributed by atoms with Gasteiger partial charge in [0, 0.05) is 4.47 Å². The third kappa shape index (κ3) is 1.59. The van der Waals surface area contributed by atoms with Crippen molar-refractivity contribution >= 4 is 34.7 Å². The Bertz CT molecular complexity index is 538.